The van der Waals surface area contributed by atoms with Gasteiger partial charge in [-0.05, 0) is 24.1 Å². The Morgan fingerprint density at radius 2 is 1.70 bits per heavy atom. The quantitative estimate of drug-likeness (QED) is 0.589. The number of carboxylic acid groups (broad SMARTS) is 1. The van der Waals surface area contributed by atoms with Gasteiger partial charge < -0.3 is 20.2 Å². The van der Waals surface area contributed by atoms with Crippen LogP contribution in [0.2, 0.25) is 0 Å². The molecule has 3 rings (SSSR count). The van der Waals surface area contributed by atoms with Gasteiger partial charge in [-0.25, -0.2) is 4.79 Å². The average Bonchev–Trinajstić information content (AvgIpc) is 2.65. The van der Waals surface area contributed by atoms with Crippen LogP contribution in [0.1, 0.15) is 5.56 Å². The van der Waals surface area contributed by atoms with Crippen molar-refractivity contribution >= 4 is 22.8 Å². The van der Waals surface area contributed by atoms with E-state index in [-0.39, 0.29) is 11.8 Å². The highest BCUT2D eigenvalue weighted by Gasteiger charge is 2.17. The molecule has 0 fully saturated rings. The van der Waals surface area contributed by atoms with E-state index in [2.05, 4.69) is 10.3 Å². The molecule has 8 heteroatoms. The number of hydrogen-bond donors (Lipinski definition) is 2. The van der Waals surface area contributed by atoms with E-state index in [9.17, 15) is 24.3 Å². The highest BCUT2D eigenvalue weighted by molar-refractivity contribution is 5.83. The van der Waals surface area contributed by atoms with E-state index < -0.39 is 35.7 Å². The summed E-state index contributed by atoms with van der Waals surface area (Å²) in [6.07, 6.45) is 0.0257. The summed E-state index contributed by atoms with van der Waals surface area (Å²) in [5.41, 5.74) is -0.312. The summed E-state index contributed by atoms with van der Waals surface area (Å²) < 4.78 is 0.729. The first kappa shape index (κ1) is 18.1. The Kier molecular flexibility index (Phi) is 5.16. The van der Waals surface area contributed by atoms with Crippen LogP contribution >= 0.6 is 0 Å². The van der Waals surface area contributed by atoms with Gasteiger partial charge in [-0.3, -0.25) is 14.2 Å². The molecule has 27 heavy (non-hydrogen) atoms. The minimum Gasteiger partial charge on any atom is -0.548 e. The van der Waals surface area contributed by atoms with Crippen LogP contribution in [0.3, 0.4) is 0 Å². The van der Waals surface area contributed by atoms with Crippen molar-refractivity contribution in [3.05, 3.63) is 81.0 Å². The van der Waals surface area contributed by atoms with E-state index in [1.807, 2.05) is 0 Å². The number of amides is 1. The number of carbonyl (C=O) groups is 2. The molecule has 0 saturated heterocycles. The van der Waals surface area contributed by atoms with E-state index >= 15 is 0 Å². The summed E-state index contributed by atoms with van der Waals surface area (Å²) in [7, 11) is 0. The highest BCUT2D eigenvalue weighted by atomic mass is 16.4. The van der Waals surface area contributed by atoms with Crippen LogP contribution in [0.25, 0.3) is 10.9 Å². The molecule has 1 atom stereocenters. The van der Waals surface area contributed by atoms with Crippen molar-refractivity contribution in [1.29, 1.82) is 0 Å². The van der Waals surface area contributed by atoms with Crippen LogP contribution in [-0.4, -0.2) is 27.5 Å². The van der Waals surface area contributed by atoms with Gasteiger partial charge in [-0.2, -0.15) is 0 Å². The van der Waals surface area contributed by atoms with E-state index in [0.717, 1.165) is 4.57 Å². The smallest absolute Gasteiger partial charge is 0.329 e. The molecule has 1 aromatic heterocycles. The lowest BCUT2D eigenvalue weighted by atomic mass is 10.1. The number of carboxylic acids is 1. The van der Waals surface area contributed by atoms with Crippen LogP contribution in [0.4, 0.5) is 0 Å². The lowest BCUT2D eigenvalue weighted by Gasteiger charge is -2.20. The fraction of sp³-hybridized carbons (Fsp3) is 0.158. The van der Waals surface area contributed by atoms with Crippen molar-refractivity contribution in [3.63, 3.8) is 0 Å². The topological polar surface area (TPSA) is 124 Å². The lowest BCUT2D eigenvalue weighted by Crippen LogP contribution is -2.51. The second kappa shape index (κ2) is 7.69. The standard InChI is InChI=1S/C19H17N3O5/c23-16(20-15(18(25)26)10-12-6-2-1-3-7-12)11-22-17(24)13-8-4-5-9-14(13)21-19(22)27/h1-9,15H,10-11H2,(H,20,23)(H,21,27)(H,25,26)/p-1/t15-/m1/s1. The Labute approximate surface area is 153 Å². The van der Waals surface area contributed by atoms with Gasteiger partial charge in [-0.1, -0.05) is 42.5 Å². The van der Waals surface area contributed by atoms with E-state index in [1.165, 1.54) is 6.07 Å². The molecular weight excluding hydrogens is 350 g/mol. The number of H-pyrrole nitrogens is 1. The van der Waals surface area contributed by atoms with Gasteiger partial charge in [0.05, 0.1) is 22.9 Å². The zero-order valence-electron chi connectivity index (χ0n) is 14.2. The van der Waals surface area contributed by atoms with Gasteiger partial charge >= 0.3 is 5.69 Å². The van der Waals surface area contributed by atoms with Crippen LogP contribution in [0.5, 0.6) is 0 Å². The monoisotopic (exact) mass is 366 g/mol. The third-order valence-corrected chi connectivity index (χ3v) is 4.09. The number of aromatic nitrogens is 2. The third-order valence-electron chi connectivity index (χ3n) is 4.09. The van der Waals surface area contributed by atoms with Gasteiger partial charge in [-0.15, -0.1) is 0 Å². The molecule has 0 bridgehead atoms. The number of rotatable bonds is 6. The molecule has 2 N–H and O–H groups in total. The van der Waals surface area contributed by atoms with Crippen molar-refractivity contribution in [1.82, 2.24) is 14.9 Å². The average molecular weight is 366 g/mol. The number of para-hydroxylation sites is 1. The predicted octanol–water partition coefficient (Wildman–Crippen LogP) is -0.833. The predicted molar refractivity (Wildman–Crippen MR) is 95.9 cm³/mol. The molecule has 0 saturated carbocycles. The second-order valence-electron chi connectivity index (χ2n) is 6.00. The number of nitrogens with zero attached hydrogens (tertiary/aromatic N) is 1. The maximum Gasteiger partial charge on any atom is 0.329 e. The SMILES string of the molecule is O=C(Cn1c(=O)[nH]c2ccccc2c1=O)N[C@H](Cc1ccccc1)C(=O)[O-]. The number of hydrogen-bond acceptors (Lipinski definition) is 5. The van der Waals surface area contributed by atoms with Crippen LogP contribution < -0.4 is 21.7 Å². The Hall–Kier alpha value is -3.68. The number of fused-ring (bicyclic) bond motifs is 1. The first-order valence-electron chi connectivity index (χ1n) is 8.21. The van der Waals surface area contributed by atoms with Gasteiger partial charge in [0.25, 0.3) is 5.56 Å². The summed E-state index contributed by atoms with van der Waals surface area (Å²) >= 11 is 0. The first-order chi connectivity index (χ1) is 13.0. The summed E-state index contributed by atoms with van der Waals surface area (Å²) in [5.74, 6) is -2.23. The minimum absolute atomic E-state index is 0.0257. The van der Waals surface area contributed by atoms with E-state index in [4.69, 9.17) is 0 Å². The molecule has 3 aromatic rings. The van der Waals surface area contributed by atoms with Crippen LogP contribution in [0.15, 0.2) is 64.2 Å². The van der Waals surface area contributed by atoms with Crippen molar-refractivity contribution in [2.45, 2.75) is 19.0 Å². The van der Waals surface area contributed by atoms with Crippen molar-refractivity contribution in [2.24, 2.45) is 0 Å². The van der Waals surface area contributed by atoms with E-state index in [1.54, 1.807) is 48.5 Å². The van der Waals surface area contributed by atoms with Gasteiger partial charge in [0.15, 0.2) is 0 Å². The maximum atomic E-state index is 12.4. The Morgan fingerprint density at radius 1 is 1.04 bits per heavy atom. The summed E-state index contributed by atoms with van der Waals surface area (Å²) in [5, 5.41) is 13.9. The maximum absolute atomic E-state index is 12.4. The molecule has 1 heterocycles. The Bertz CT molecular complexity index is 1100. The number of aromatic amines is 1. The van der Waals surface area contributed by atoms with Crippen LogP contribution in [0, 0.1) is 0 Å². The fourth-order valence-corrected chi connectivity index (χ4v) is 2.77. The molecular formula is C19H16N3O5-. The fourth-order valence-electron chi connectivity index (χ4n) is 2.77. The van der Waals surface area contributed by atoms with Gasteiger partial charge in [0.2, 0.25) is 5.91 Å². The first-order valence-corrected chi connectivity index (χ1v) is 8.21. The molecule has 0 aliphatic rings. The largest absolute Gasteiger partial charge is 0.548 e. The molecule has 0 radical (unpaired) electrons. The molecule has 8 nitrogen and oxygen atoms in total. The zero-order valence-corrected chi connectivity index (χ0v) is 14.2. The molecule has 2 aromatic carbocycles. The molecule has 0 aliphatic heterocycles. The second-order valence-corrected chi connectivity index (χ2v) is 6.00. The lowest BCUT2D eigenvalue weighted by molar-refractivity contribution is -0.308. The third kappa shape index (κ3) is 4.12. The summed E-state index contributed by atoms with van der Waals surface area (Å²) in [6, 6.07) is 13.9. The van der Waals surface area contributed by atoms with E-state index in [0.29, 0.717) is 11.1 Å². The Balaban J connectivity index is 1.80. The number of nitrogens with one attached hydrogen (secondary N) is 2. The van der Waals surface area contributed by atoms with Crippen LogP contribution in [-0.2, 0) is 22.6 Å². The number of aliphatic carboxylic acids is 1. The van der Waals surface area contributed by atoms with Crippen molar-refractivity contribution in [3.8, 4) is 0 Å². The van der Waals surface area contributed by atoms with Gasteiger partial charge in [0, 0.05) is 0 Å². The molecule has 1 amide bonds. The van der Waals surface area contributed by atoms with Gasteiger partial charge in [0.1, 0.15) is 6.54 Å². The molecule has 138 valence electrons. The molecule has 0 spiro atoms. The summed E-state index contributed by atoms with van der Waals surface area (Å²) in [4.78, 5) is 50.6. The summed E-state index contributed by atoms with van der Waals surface area (Å²) in [6.45, 7) is -0.600. The molecule has 0 aliphatic carbocycles. The van der Waals surface area contributed by atoms with Crippen molar-refractivity contribution in [2.75, 3.05) is 0 Å². The number of benzene rings is 2. The number of carbonyl (C=O) groups excluding carboxylic acids is 2. The minimum atomic E-state index is -1.45. The normalized spacial score (nSPS) is 11.9. The Morgan fingerprint density at radius 3 is 2.41 bits per heavy atom. The highest BCUT2D eigenvalue weighted by Crippen LogP contribution is 2.04. The van der Waals surface area contributed by atoms with Crippen molar-refractivity contribution < 1.29 is 14.7 Å². The zero-order chi connectivity index (χ0) is 19.4. The molecule has 0 unspecified atom stereocenters.